The minimum absolute atomic E-state index is 0.117. The fourth-order valence-electron chi connectivity index (χ4n) is 1.94. The molecule has 0 radical (unpaired) electrons. The van der Waals surface area contributed by atoms with Gasteiger partial charge >= 0.3 is 0 Å². The van der Waals surface area contributed by atoms with Crippen molar-refractivity contribution in [2.75, 3.05) is 20.0 Å². The molecular weight excluding hydrogens is 248 g/mol. The van der Waals surface area contributed by atoms with Gasteiger partial charge in [0.2, 0.25) is 0 Å². The Bertz CT molecular complexity index is 474. The van der Waals surface area contributed by atoms with E-state index in [9.17, 15) is 0 Å². The predicted octanol–water partition coefficient (Wildman–Crippen LogP) is 2.66. The maximum atomic E-state index is 8.71. The molecule has 1 aliphatic heterocycles. The highest BCUT2D eigenvalue weighted by atomic mass is 32.2. The number of ether oxygens (including phenoxy) is 1. The van der Waals surface area contributed by atoms with Crippen LogP contribution in [0.4, 0.5) is 0 Å². The Morgan fingerprint density at radius 3 is 2.89 bits per heavy atom. The van der Waals surface area contributed by atoms with Crippen LogP contribution < -0.4 is 0 Å². The van der Waals surface area contributed by atoms with Crippen LogP contribution in [0.15, 0.2) is 40.5 Å². The van der Waals surface area contributed by atoms with Crippen molar-refractivity contribution < 1.29 is 9.94 Å². The maximum absolute atomic E-state index is 8.71. The standard InChI is InChI=1S/C13H16N2O2S/c1-15-8-12(18-9-15)13(17-2)11-6-4-3-5-10(11)7-14-16/h3-8,13,16H,9H2,1-2H3/b14-7-. The number of thioether (sulfide) groups is 1. The van der Waals surface area contributed by atoms with Crippen molar-refractivity contribution in [2.24, 2.45) is 5.16 Å². The molecule has 5 heteroatoms. The Morgan fingerprint density at radius 1 is 1.50 bits per heavy atom. The van der Waals surface area contributed by atoms with Crippen LogP contribution in [0.1, 0.15) is 17.2 Å². The zero-order valence-electron chi connectivity index (χ0n) is 10.4. The summed E-state index contributed by atoms with van der Waals surface area (Å²) < 4.78 is 5.60. The van der Waals surface area contributed by atoms with E-state index < -0.39 is 0 Å². The third-order valence-electron chi connectivity index (χ3n) is 2.75. The summed E-state index contributed by atoms with van der Waals surface area (Å²) in [4.78, 5) is 3.29. The van der Waals surface area contributed by atoms with Crippen LogP contribution in [-0.2, 0) is 4.74 Å². The molecular formula is C13H16N2O2S. The Hall–Kier alpha value is -1.46. The van der Waals surface area contributed by atoms with E-state index in [0.29, 0.717) is 0 Å². The lowest BCUT2D eigenvalue weighted by Gasteiger charge is -2.17. The van der Waals surface area contributed by atoms with E-state index in [0.717, 1.165) is 17.0 Å². The fourth-order valence-corrected chi connectivity index (χ4v) is 2.99. The van der Waals surface area contributed by atoms with Gasteiger partial charge in [-0.2, -0.15) is 0 Å². The van der Waals surface area contributed by atoms with Crippen molar-refractivity contribution in [2.45, 2.75) is 6.10 Å². The zero-order valence-corrected chi connectivity index (χ0v) is 11.2. The van der Waals surface area contributed by atoms with Gasteiger partial charge in [0.05, 0.1) is 12.1 Å². The molecule has 0 fully saturated rings. The van der Waals surface area contributed by atoms with E-state index in [1.54, 1.807) is 18.9 Å². The van der Waals surface area contributed by atoms with Crippen LogP contribution in [0.3, 0.4) is 0 Å². The molecule has 2 rings (SSSR count). The van der Waals surface area contributed by atoms with Gasteiger partial charge in [-0.05, 0) is 5.56 Å². The monoisotopic (exact) mass is 264 g/mol. The summed E-state index contributed by atoms with van der Waals surface area (Å²) in [6.07, 6.45) is 3.41. The number of benzene rings is 1. The van der Waals surface area contributed by atoms with Gasteiger partial charge in [0.25, 0.3) is 0 Å². The number of rotatable bonds is 4. The summed E-state index contributed by atoms with van der Waals surface area (Å²) in [6, 6.07) is 7.77. The minimum atomic E-state index is -0.117. The largest absolute Gasteiger partial charge is 0.411 e. The smallest absolute Gasteiger partial charge is 0.115 e. The summed E-state index contributed by atoms with van der Waals surface area (Å²) in [7, 11) is 3.73. The van der Waals surface area contributed by atoms with Gasteiger partial charge in [0.15, 0.2) is 0 Å². The second kappa shape index (κ2) is 5.93. The van der Waals surface area contributed by atoms with Gasteiger partial charge < -0.3 is 14.8 Å². The molecule has 0 aromatic heterocycles. The van der Waals surface area contributed by atoms with E-state index in [-0.39, 0.29) is 6.10 Å². The number of methoxy groups -OCH3 is 1. The van der Waals surface area contributed by atoms with Crippen LogP contribution in [0, 0.1) is 0 Å². The van der Waals surface area contributed by atoms with Gasteiger partial charge in [-0.25, -0.2) is 0 Å². The Balaban J connectivity index is 2.36. The molecule has 0 amide bonds. The first kappa shape index (κ1) is 13.0. The molecule has 0 bridgehead atoms. The van der Waals surface area contributed by atoms with Gasteiger partial charge in [-0.1, -0.05) is 29.4 Å². The quantitative estimate of drug-likeness (QED) is 0.516. The molecule has 18 heavy (non-hydrogen) atoms. The maximum Gasteiger partial charge on any atom is 0.115 e. The summed E-state index contributed by atoms with van der Waals surface area (Å²) in [5.74, 6) is 0.936. The highest BCUT2D eigenvalue weighted by Crippen LogP contribution is 2.38. The summed E-state index contributed by atoms with van der Waals surface area (Å²) in [5.41, 5.74) is 1.87. The molecule has 1 N–H and O–H groups in total. The molecule has 0 saturated carbocycles. The van der Waals surface area contributed by atoms with Gasteiger partial charge in [-0.3, -0.25) is 0 Å². The third kappa shape index (κ3) is 2.68. The topological polar surface area (TPSA) is 45.1 Å². The van der Waals surface area contributed by atoms with Crippen molar-refractivity contribution in [1.29, 1.82) is 0 Å². The predicted molar refractivity (Wildman–Crippen MR) is 73.9 cm³/mol. The first-order chi connectivity index (χ1) is 8.76. The van der Waals surface area contributed by atoms with Gasteiger partial charge in [-0.15, -0.1) is 11.8 Å². The second-order valence-corrected chi connectivity index (χ2v) is 5.07. The van der Waals surface area contributed by atoms with Crippen LogP contribution in [-0.4, -0.2) is 36.4 Å². The Kier molecular flexibility index (Phi) is 4.28. The van der Waals surface area contributed by atoms with Crippen molar-refractivity contribution in [3.05, 3.63) is 46.5 Å². The Labute approximate surface area is 111 Å². The van der Waals surface area contributed by atoms with Gasteiger partial charge in [0.1, 0.15) is 6.10 Å². The molecule has 1 aliphatic rings. The molecule has 0 aliphatic carbocycles. The molecule has 1 aromatic rings. The van der Waals surface area contributed by atoms with Crippen LogP contribution in [0.2, 0.25) is 0 Å². The molecule has 1 heterocycles. The molecule has 96 valence electrons. The molecule has 1 atom stereocenters. The lowest BCUT2D eigenvalue weighted by atomic mass is 10.0. The van der Waals surface area contributed by atoms with Crippen molar-refractivity contribution >= 4 is 18.0 Å². The minimum Gasteiger partial charge on any atom is -0.411 e. The van der Waals surface area contributed by atoms with E-state index in [1.807, 2.05) is 31.3 Å². The van der Waals surface area contributed by atoms with E-state index in [1.165, 1.54) is 11.1 Å². The van der Waals surface area contributed by atoms with Crippen molar-refractivity contribution in [1.82, 2.24) is 4.90 Å². The van der Waals surface area contributed by atoms with Crippen LogP contribution in [0.5, 0.6) is 0 Å². The lowest BCUT2D eigenvalue weighted by molar-refractivity contribution is 0.139. The van der Waals surface area contributed by atoms with E-state index in [4.69, 9.17) is 9.94 Å². The Morgan fingerprint density at radius 2 is 2.28 bits per heavy atom. The van der Waals surface area contributed by atoms with Crippen molar-refractivity contribution in [3.8, 4) is 0 Å². The fraction of sp³-hybridized carbons (Fsp3) is 0.308. The number of hydrogen-bond donors (Lipinski definition) is 1. The SMILES string of the molecule is COC(C1=CN(C)CS1)c1ccccc1/C=N\O. The molecule has 0 saturated heterocycles. The average molecular weight is 264 g/mol. The average Bonchev–Trinajstić information content (AvgIpc) is 2.79. The highest BCUT2D eigenvalue weighted by Gasteiger charge is 2.23. The molecule has 0 spiro atoms. The second-order valence-electron chi connectivity index (χ2n) is 4.05. The molecule has 1 unspecified atom stereocenters. The number of oxime groups is 1. The highest BCUT2D eigenvalue weighted by molar-refractivity contribution is 8.03. The number of hydrogen-bond acceptors (Lipinski definition) is 5. The molecule has 4 nitrogen and oxygen atoms in total. The zero-order chi connectivity index (χ0) is 13.0. The van der Waals surface area contributed by atoms with Gasteiger partial charge in [0, 0.05) is 30.8 Å². The summed E-state index contributed by atoms with van der Waals surface area (Å²) >= 11 is 1.76. The van der Waals surface area contributed by atoms with Crippen molar-refractivity contribution in [3.63, 3.8) is 0 Å². The lowest BCUT2D eigenvalue weighted by Crippen LogP contribution is -2.06. The van der Waals surface area contributed by atoms with E-state index in [2.05, 4.69) is 16.3 Å². The molecule has 1 aromatic carbocycles. The summed E-state index contributed by atoms with van der Waals surface area (Å²) in [5, 5.41) is 11.8. The third-order valence-corrected chi connectivity index (χ3v) is 3.94. The summed E-state index contributed by atoms with van der Waals surface area (Å²) in [6.45, 7) is 0. The normalized spacial score (nSPS) is 17.2. The van der Waals surface area contributed by atoms with E-state index >= 15 is 0 Å². The first-order valence-corrected chi connectivity index (χ1v) is 6.58. The first-order valence-electron chi connectivity index (χ1n) is 5.60. The van der Waals surface area contributed by atoms with Crippen LogP contribution in [0.25, 0.3) is 0 Å². The van der Waals surface area contributed by atoms with Crippen LogP contribution >= 0.6 is 11.8 Å². The number of nitrogens with zero attached hydrogens (tertiary/aromatic N) is 2.